The van der Waals surface area contributed by atoms with Crippen LogP contribution in [0.4, 0.5) is 0 Å². The first-order chi connectivity index (χ1) is 9.25. The molecule has 0 aliphatic carbocycles. The fourth-order valence-electron chi connectivity index (χ4n) is 2.10. The van der Waals surface area contributed by atoms with Crippen molar-refractivity contribution in [1.29, 1.82) is 0 Å². The van der Waals surface area contributed by atoms with Crippen LogP contribution in [0.25, 0.3) is 0 Å². The highest BCUT2D eigenvalue weighted by Crippen LogP contribution is 2.28. The standard InChI is InChI=1S/C15H18N2O2S/c1-8(2)15(4)14(20)16-12(17-15)11-7-9(3)5-6-10(11)13(18)19/h5-8H,1-4H3,(H,18,19)(H,16,17,20)/t15-/m1/s1. The maximum atomic E-state index is 11.4. The number of aryl methyl sites for hydroxylation is 1. The number of nitrogens with one attached hydrogen (secondary N) is 1. The van der Waals surface area contributed by atoms with Gasteiger partial charge in [-0.25, -0.2) is 4.79 Å². The van der Waals surface area contributed by atoms with E-state index in [9.17, 15) is 9.90 Å². The van der Waals surface area contributed by atoms with Crippen LogP contribution < -0.4 is 5.32 Å². The van der Waals surface area contributed by atoms with Crippen LogP contribution in [0.3, 0.4) is 0 Å². The molecule has 106 valence electrons. The second-order valence-electron chi connectivity index (χ2n) is 5.57. The van der Waals surface area contributed by atoms with Gasteiger partial charge in [0.1, 0.15) is 16.4 Å². The van der Waals surface area contributed by atoms with Gasteiger partial charge in [-0.2, -0.15) is 0 Å². The lowest BCUT2D eigenvalue weighted by Crippen LogP contribution is -2.39. The minimum absolute atomic E-state index is 0.234. The normalized spacial score (nSPS) is 21.9. The molecular formula is C15H18N2O2S. The van der Waals surface area contributed by atoms with Crippen LogP contribution in [-0.4, -0.2) is 27.4 Å². The molecule has 0 amide bonds. The number of aliphatic imine (C=N–C) groups is 1. The number of carbonyl (C=O) groups is 1. The third kappa shape index (κ3) is 2.33. The van der Waals surface area contributed by atoms with Gasteiger partial charge in [0.15, 0.2) is 0 Å². The van der Waals surface area contributed by atoms with Gasteiger partial charge >= 0.3 is 5.97 Å². The lowest BCUT2D eigenvalue weighted by molar-refractivity contribution is 0.0696. The van der Waals surface area contributed by atoms with Crippen molar-refractivity contribution < 1.29 is 9.90 Å². The second kappa shape index (κ2) is 4.98. The molecule has 5 heteroatoms. The van der Waals surface area contributed by atoms with E-state index in [-0.39, 0.29) is 11.5 Å². The molecule has 2 N–H and O–H groups in total. The van der Waals surface area contributed by atoms with E-state index < -0.39 is 11.5 Å². The summed E-state index contributed by atoms with van der Waals surface area (Å²) in [4.78, 5) is 16.6. The van der Waals surface area contributed by atoms with E-state index >= 15 is 0 Å². The molecular weight excluding hydrogens is 272 g/mol. The van der Waals surface area contributed by atoms with Crippen LogP contribution in [0.5, 0.6) is 0 Å². The largest absolute Gasteiger partial charge is 0.478 e. The molecule has 20 heavy (non-hydrogen) atoms. The summed E-state index contributed by atoms with van der Waals surface area (Å²) in [5.74, 6) is -0.182. The Morgan fingerprint density at radius 3 is 2.60 bits per heavy atom. The quantitative estimate of drug-likeness (QED) is 0.840. The number of carboxylic acids is 1. The monoisotopic (exact) mass is 290 g/mol. The molecule has 1 atom stereocenters. The predicted octanol–water partition coefficient (Wildman–Crippen LogP) is 2.79. The molecule has 1 aliphatic rings. The number of hydrogen-bond donors (Lipinski definition) is 2. The van der Waals surface area contributed by atoms with E-state index in [2.05, 4.69) is 24.2 Å². The number of rotatable bonds is 3. The Labute approximate surface area is 123 Å². The Kier molecular flexibility index (Phi) is 3.65. The van der Waals surface area contributed by atoms with Crippen LogP contribution in [0.2, 0.25) is 0 Å². The smallest absolute Gasteiger partial charge is 0.336 e. The van der Waals surface area contributed by atoms with Gasteiger partial charge in [0, 0.05) is 5.56 Å². The van der Waals surface area contributed by atoms with Crippen molar-refractivity contribution in [3.63, 3.8) is 0 Å². The van der Waals surface area contributed by atoms with Gasteiger partial charge in [0.2, 0.25) is 0 Å². The number of carboxylic acid groups (broad SMARTS) is 1. The Bertz CT molecular complexity index is 622. The summed E-state index contributed by atoms with van der Waals surface area (Å²) >= 11 is 5.38. The summed E-state index contributed by atoms with van der Waals surface area (Å²) in [6.45, 7) is 7.99. The van der Waals surface area contributed by atoms with Gasteiger partial charge < -0.3 is 10.4 Å². The zero-order valence-electron chi connectivity index (χ0n) is 12.0. The van der Waals surface area contributed by atoms with E-state index in [0.29, 0.717) is 16.4 Å². The molecule has 1 heterocycles. The Morgan fingerprint density at radius 2 is 2.10 bits per heavy atom. The van der Waals surface area contributed by atoms with Gasteiger partial charge in [-0.1, -0.05) is 37.7 Å². The Morgan fingerprint density at radius 1 is 1.45 bits per heavy atom. The summed E-state index contributed by atoms with van der Waals surface area (Å²) in [5.41, 5.74) is 1.32. The molecule has 2 rings (SSSR count). The molecule has 1 aromatic carbocycles. The van der Waals surface area contributed by atoms with Crippen LogP contribution in [-0.2, 0) is 0 Å². The number of benzene rings is 1. The fourth-order valence-corrected chi connectivity index (χ4v) is 2.48. The first-order valence-electron chi connectivity index (χ1n) is 6.51. The van der Waals surface area contributed by atoms with Crippen molar-refractivity contribution in [3.8, 4) is 0 Å². The second-order valence-corrected chi connectivity index (χ2v) is 5.98. The molecule has 0 bridgehead atoms. The molecule has 4 nitrogen and oxygen atoms in total. The Hall–Kier alpha value is -1.75. The highest BCUT2D eigenvalue weighted by molar-refractivity contribution is 7.80. The van der Waals surface area contributed by atoms with Crippen LogP contribution in [0.1, 0.15) is 42.3 Å². The first kappa shape index (κ1) is 14.7. The Balaban J connectivity index is 2.56. The van der Waals surface area contributed by atoms with Crippen molar-refractivity contribution in [2.45, 2.75) is 33.2 Å². The number of hydrogen-bond acceptors (Lipinski definition) is 3. The van der Waals surface area contributed by atoms with E-state index in [1.165, 1.54) is 0 Å². The molecule has 1 aromatic rings. The van der Waals surface area contributed by atoms with Crippen LogP contribution in [0, 0.1) is 12.8 Å². The van der Waals surface area contributed by atoms with Crippen molar-refractivity contribution in [1.82, 2.24) is 5.32 Å². The average Bonchev–Trinajstić information content (AvgIpc) is 2.66. The number of nitrogens with zero attached hydrogens (tertiary/aromatic N) is 1. The zero-order chi connectivity index (χ0) is 15.1. The molecule has 0 radical (unpaired) electrons. The predicted molar refractivity (Wildman–Crippen MR) is 83.7 cm³/mol. The molecule has 0 spiro atoms. The molecule has 0 aromatic heterocycles. The van der Waals surface area contributed by atoms with Gasteiger partial charge in [0.25, 0.3) is 0 Å². The third-order valence-electron chi connectivity index (χ3n) is 3.82. The van der Waals surface area contributed by atoms with Crippen LogP contribution in [0.15, 0.2) is 23.2 Å². The number of aromatic carboxylic acids is 1. The van der Waals surface area contributed by atoms with Crippen molar-refractivity contribution in [2.75, 3.05) is 0 Å². The highest BCUT2D eigenvalue weighted by Gasteiger charge is 2.39. The van der Waals surface area contributed by atoms with E-state index in [4.69, 9.17) is 12.2 Å². The summed E-state index contributed by atoms with van der Waals surface area (Å²) in [6, 6.07) is 5.21. The fraction of sp³-hybridized carbons (Fsp3) is 0.400. The minimum Gasteiger partial charge on any atom is -0.478 e. The average molecular weight is 290 g/mol. The highest BCUT2D eigenvalue weighted by atomic mass is 32.1. The van der Waals surface area contributed by atoms with Crippen LogP contribution >= 0.6 is 12.2 Å². The summed E-state index contributed by atoms with van der Waals surface area (Å²) in [6.07, 6.45) is 0. The lowest BCUT2D eigenvalue weighted by Gasteiger charge is -2.24. The van der Waals surface area contributed by atoms with E-state index in [0.717, 1.165) is 5.56 Å². The first-order valence-corrected chi connectivity index (χ1v) is 6.92. The molecule has 0 fully saturated rings. The van der Waals surface area contributed by atoms with Gasteiger partial charge in [0.05, 0.1) is 5.56 Å². The minimum atomic E-state index is -0.964. The zero-order valence-corrected chi connectivity index (χ0v) is 12.8. The summed E-state index contributed by atoms with van der Waals surface area (Å²) in [7, 11) is 0. The van der Waals surface area contributed by atoms with Gasteiger partial charge in [-0.05, 0) is 31.9 Å². The summed E-state index contributed by atoms with van der Waals surface area (Å²) < 4.78 is 0. The van der Waals surface area contributed by atoms with E-state index in [1.54, 1.807) is 12.1 Å². The molecule has 0 saturated carbocycles. The topological polar surface area (TPSA) is 61.7 Å². The molecule has 1 aliphatic heterocycles. The van der Waals surface area contributed by atoms with Crippen molar-refractivity contribution in [3.05, 3.63) is 34.9 Å². The maximum Gasteiger partial charge on any atom is 0.336 e. The van der Waals surface area contributed by atoms with Gasteiger partial charge in [-0.3, -0.25) is 4.99 Å². The summed E-state index contributed by atoms with van der Waals surface area (Å²) in [5, 5.41) is 12.4. The maximum absolute atomic E-state index is 11.4. The van der Waals surface area contributed by atoms with Crippen molar-refractivity contribution in [2.24, 2.45) is 10.9 Å². The van der Waals surface area contributed by atoms with Crippen molar-refractivity contribution >= 4 is 29.0 Å². The van der Waals surface area contributed by atoms with Gasteiger partial charge in [-0.15, -0.1) is 0 Å². The SMILES string of the molecule is Cc1ccc(C(=O)O)c(C2=N[C@](C)(C(C)C)C(=S)N2)c1. The lowest BCUT2D eigenvalue weighted by atomic mass is 9.90. The number of thiocarbonyl (C=S) groups is 1. The molecule has 0 unspecified atom stereocenters. The molecule has 0 saturated heterocycles. The number of amidine groups is 1. The third-order valence-corrected chi connectivity index (χ3v) is 4.34. The van der Waals surface area contributed by atoms with E-state index in [1.807, 2.05) is 19.9 Å².